The van der Waals surface area contributed by atoms with Crippen LogP contribution in [-0.4, -0.2) is 9.55 Å². The van der Waals surface area contributed by atoms with Crippen LogP contribution in [0.5, 0.6) is 0 Å². The molecular weight excluding hydrogens is 292 g/mol. The summed E-state index contributed by atoms with van der Waals surface area (Å²) in [6.45, 7) is 0. The van der Waals surface area contributed by atoms with Gasteiger partial charge in [-0.25, -0.2) is 4.98 Å². The molecule has 1 aromatic carbocycles. The first-order valence-electron chi connectivity index (χ1n) is 5.88. The minimum Gasteiger partial charge on any atom is -0.338 e. The molecule has 0 bridgehead atoms. The molecule has 0 saturated carbocycles. The molecule has 4 nitrogen and oxygen atoms in total. The average molecular weight is 309 g/mol. The third kappa shape index (κ3) is 3.19. The fraction of sp³-hybridized carbons (Fsp3) is 0.308. The first kappa shape index (κ1) is 13.3. The van der Waals surface area contributed by atoms with Crippen molar-refractivity contribution in [1.29, 1.82) is 0 Å². The van der Waals surface area contributed by atoms with Gasteiger partial charge < -0.3 is 4.57 Å². The minimum absolute atomic E-state index is 0.138. The van der Waals surface area contributed by atoms with E-state index in [1.165, 1.54) is 5.56 Å². The van der Waals surface area contributed by atoms with Crippen molar-refractivity contribution in [3.05, 3.63) is 52.5 Å². The van der Waals surface area contributed by atoms with Crippen LogP contribution < -0.4 is 11.3 Å². The van der Waals surface area contributed by atoms with Gasteiger partial charge in [0.15, 0.2) is 0 Å². The second-order valence-electron chi connectivity index (χ2n) is 4.27. The Morgan fingerprint density at radius 3 is 2.94 bits per heavy atom. The molecule has 0 aliphatic rings. The van der Waals surface area contributed by atoms with Gasteiger partial charge in [0.2, 0.25) is 0 Å². The summed E-state index contributed by atoms with van der Waals surface area (Å²) in [6, 6.07) is 8.33. The van der Waals surface area contributed by atoms with E-state index in [2.05, 4.69) is 38.5 Å². The summed E-state index contributed by atoms with van der Waals surface area (Å²) in [6.07, 6.45) is 5.58. The predicted molar refractivity (Wildman–Crippen MR) is 75.7 cm³/mol. The molecule has 0 fully saturated rings. The number of hydrogen-bond acceptors (Lipinski definition) is 3. The molecule has 0 amide bonds. The third-order valence-corrected chi connectivity index (χ3v) is 3.52. The smallest absolute Gasteiger partial charge is 0.108 e. The summed E-state index contributed by atoms with van der Waals surface area (Å²) >= 11 is 3.48. The number of imidazole rings is 1. The quantitative estimate of drug-likeness (QED) is 0.658. The molecule has 0 aliphatic heterocycles. The molecule has 1 heterocycles. The van der Waals surface area contributed by atoms with E-state index in [4.69, 9.17) is 5.84 Å². The fourth-order valence-electron chi connectivity index (χ4n) is 1.98. The molecule has 3 N–H and O–H groups in total. The van der Waals surface area contributed by atoms with Gasteiger partial charge in [-0.1, -0.05) is 28.1 Å². The monoisotopic (exact) mass is 308 g/mol. The van der Waals surface area contributed by atoms with Crippen molar-refractivity contribution in [3.63, 3.8) is 0 Å². The van der Waals surface area contributed by atoms with E-state index in [0.717, 1.165) is 23.1 Å². The van der Waals surface area contributed by atoms with E-state index in [1.807, 2.05) is 36.1 Å². The van der Waals surface area contributed by atoms with Crippen LogP contribution in [0.4, 0.5) is 0 Å². The van der Waals surface area contributed by atoms with Crippen molar-refractivity contribution in [2.45, 2.75) is 18.9 Å². The highest BCUT2D eigenvalue weighted by molar-refractivity contribution is 9.10. The van der Waals surface area contributed by atoms with Crippen LogP contribution in [0.25, 0.3) is 0 Å². The Labute approximate surface area is 115 Å². The maximum atomic E-state index is 5.64. The van der Waals surface area contributed by atoms with E-state index in [1.54, 1.807) is 0 Å². The Balaban J connectivity index is 2.04. The van der Waals surface area contributed by atoms with Crippen LogP contribution in [0.1, 0.15) is 23.9 Å². The lowest BCUT2D eigenvalue weighted by molar-refractivity contribution is 0.506. The predicted octanol–water partition coefficient (Wildman–Crippen LogP) is 2.32. The van der Waals surface area contributed by atoms with Crippen LogP contribution in [0.3, 0.4) is 0 Å². The van der Waals surface area contributed by atoms with E-state index in [0.29, 0.717) is 0 Å². The molecular formula is C13H17BrN4. The van der Waals surface area contributed by atoms with Crippen molar-refractivity contribution < 1.29 is 0 Å². The molecule has 0 spiro atoms. The largest absolute Gasteiger partial charge is 0.338 e. The van der Waals surface area contributed by atoms with Crippen molar-refractivity contribution in [2.24, 2.45) is 12.9 Å². The number of nitrogens with two attached hydrogens (primary N) is 1. The van der Waals surface area contributed by atoms with Crippen LogP contribution in [-0.2, 0) is 13.5 Å². The zero-order valence-corrected chi connectivity index (χ0v) is 11.9. The van der Waals surface area contributed by atoms with Crippen molar-refractivity contribution in [3.8, 4) is 0 Å². The molecule has 2 aromatic rings. The second kappa shape index (κ2) is 6.13. The zero-order valence-electron chi connectivity index (χ0n) is 10.3. The standard InChI is InChI=1S/C13H17BrN4/c1-18-8-7-16-13(18)6-5-12(17-15)10-3-2-4-11(14)9-10/h2-4,7-9,12,17H,5-6,15H2,1H3. The Kier molecular flexibility index (Phi) is 4.52. The van der Waals surface area contributed by atoms with Crippen molar-refractivity contribution in [2.75, 3.05) is 0 Å². The Bertz CT molecular complexity index is 509. The van der Waals surface area contributed by atoms with Crippen LogP contribution in [0, 0.1) is 0 Å². The van der Waals surface area contributed by atoms with Crippen molar-refractivity contribution in [1.82, 2.24) is 15.0 Å². The van der Waals surface area contributed by atoms with Gasteiger partial charge in [-0.15, -0.1) is 0 Å². The van der Waals surface area contributed by atoms with Crippen LogP contribution >= 0.6 is 15.9 Å². The topological polar surface area (TPSA) is 55.9 Å². The Hall–Kier alpha value is -1.17. The number of nitrogens with zero attached hydrogens (tertiary/aromatic N) is 2. The highest BCUT2D eigenvalue weighted by Crippen LogP contribution is 2.21. The number of nitrogens with one attached hydrogen (secondary N) is 1. The number of halogens is 1. The van der Waals surface area contributed by atoms with Gasteiger partial charge in [-0.05, 0) is 24.1 Å². The molecule has 5 heteroatoms. The highest BCUT2D eigenvalue weighted by atomic mass is 79.9. The maximum Gasteiger partial charge on any atom is 0.108 e. The second-order valence-corrected chi connectivity index (χ2v) is 5.18. The molecule has 1 atom stereocenters. The van der Waals surface area contributed by atoms with Gasteiger partial charge in [0.1, 0.15) is 5.82 Å². The normalized spacial score (nSPS) is 12.6. The average Bonchev–Trinajstić information content (AvgIpc) is 2.76. The van der Waals surface area contributed by atoms with Gasteiger partial charge in [0.25, 0.3) is 0 Å². The van der Waals surface area contributed by atoms with E-state index in [-0.39, 0.29) is 6.04 Å². The molecule has 1 unspecified atom stereocenters. The number of rotatable bonds is 5. The fourth-order valence-corrected chi connectivity index (χ4v) is 2.40. The SMILES string of the molecule is Cn1ccnc1CCC(NN)c1cccc(Br)c1. The summed E-state index contributed by atoms with van der Waals surface area (Å²) in [5.74, 6) is 6.71. The number of aryl methyl sites for hydroxylation is 2. The van der Waals surface area contributed by atoms with E-state index < -0.39 is 0 Å². The molecule has 0 saturated heterocycles. The lowest BCUT2D eigenvalue weighted by Crippen LogP contribution is -2.28. The van der Waals surface area contributed by atoms with Crippen molar-refractivity contribution >= 4 is 15.9 Å². The summed E-state index contributed by atoms with van der Waals surface area (Å²) in [5.41, 5.74) is 4.05. The molecule has 2 rings (SSSR count). The van der Waals surface area contributed by atoms with E-state index >= 15 is 0 Å². The highest BCUT2D eigenvalue weighted by Gasteiger charge is 2.11. The molecule has 0 radical (unpaired) electrons. The lowest BCUT2D eigenvalue weighted by Gasteiger charge is -2.16. The first-order chi connectivity index (χ1) is 8.70. The number of hydrogen-bond donors (Lipinski definition) is 2. The van der Waals surface area contributed by atoms with Gasteiger partial charge in [0, 0.05) is 36.4 Å². The minimum atomic E-state index is 0.138. The molecule has 96 valence electrons. The zero-order chi connectivity index (χ0) is 13.0. The summed E-state index contributed by atoms with van der Waals surface area (Å²) in [4.78, 5) is 4.32. The van der Waals surface area contributed by atoms with Gasteiger partial charge in [-0.3, -0.25) is 11.3 Å². The number of aromatic nitrogens is 2. The lowest BCUT2D eigenvalue weighted by atomic mass is 10.0. The molecule has 18 heavy (non-hydrogen) atoms. The first-order valence-corrected chi connectivity index (χ1v) is 6.68. The van der Waals surface area contributed by atoms with E-state index in [9.17, 15) is 0 Å². The Morgan fingerprint density at radius 2 is 2.33 bits per heavy atom. The Morgan fingerprint density at radius 1 is 1.50 bits per heavy atom. The van der Waals surface area contributed by atoms with Gasteiger partial charge >= 0.3 is 0 Å². The number of benzene rings is 1. The third-order valence-electron chi connectivity index (χ3n) is 3.03. The number of hydrazine groups is 1. The van der Waals surface area contributed by atoms with Gasteiger partial charge in [0.05, 0.1) is 0 Å². The van der Waals surface area contributed by atoms with Gasteiger partial charge in [-0.2, -0.15) is 0 Å². The molecule has 1 aromatic heterocycles. The molecule has 0 aliphatic carbocycles. The summed E-state index contributed by atoms with van der Waals surface area (Å²) in [5, 5.41) is 0. The maximum absolute atomic E-state index is 5.64. The summed E-state index contributed by atoms with van der Waals surface area (Å²) in [7, 11) is 2.01. The summed E-state index contributed by atoms with van der Waals surface area (Å²) < 4.78 is 3.10. The van der Waals surface area contributed by atoms with Crippen LogP contribution in [0.2, 0.25) is 0 Å². The van der Waals surface area contributed by atoms with Crippen LogP contribution in [0.15, 0.2) is 41.1 Å².